The lowest BCUT2D eigenvalue weighted by Gasteiger charge is -2.35. The molecule has 4 unspecified atom stereocenters. The summed E-state index contributed by atoms with van der Waals surface area (Å²) in [5.74, 6) is 4.48. The van der Waals surface area contributed by atoms with Crippen LogP contribution in [0.25, 0.3) is 0 Å². The van der Waals surface area contributed by atoms with Gasteiger partial charge >= 0.3 is 0 Å². The van der Waals surface area contributed by atoms with E-state index in [4.69, 9.17) is 0 Å². The Morgan fingerprint density at radius 2 is 1.47 bits per heavy atom. The van der Waals surface area contributed by atoms with Crippen LogP contribution in [0.1, 0.15) is 58.8 Å². The maximum Gasteiger partial charge on any atom is 0.0138 e. The minimum atomic E-state index is 0.622. The third kappa shape index (κ3) is 1.69. The van der Waals surface area contributed by atoms with E-state index >= 15 is 0 Å². The molecule has 0 amide bonds. The minimum absolute atomic E-state index is 0.622. The van der Waals surface area contributed by atoms with Gasteiger partial charge in [-0.2, -0.15) is 0 Å². The first-order chi connectivity index (χ1) is 8.14. The van der Waals surface area contributed by atoms with Crippen LogP contribution in [0.2, 0.25) is 0 Å². The van der Waals surface area contributed by atoms with E-state index in [9.17, 15) is 0 Å². The van der Waals surface area contributed by atoms with Crippen LogP contribution in [-0.4, -0.2) is 12.1 Å². The van der Waals surface area contributed by atoms with Gasteiger partial charge in [-0.05, 0) is 74.0 Å². The van der Waals surface area contributed by atoms with E-state index in [1.165, 1.54) is 25.7 Å². The molecule has 0 heterocycles. The van der Waals surface area contributed by atoms with Gasteiger partial charge in [-0.25, -0.2) is 0 Å². The van der Waals surface area contributed by atoms with E-state index in [1.807, 2.05) is 0 Å². The van der Waals surface area contributed by atoms with E-state index in [1.54, 1.807) is 19.3 Å². The normalized spacial score (nSPS) is 51.5. The van der Waals surface area contributed by atoms with Crippen molar-refractivity contribution in [3.8, 4) is 0 Å². The second-order valence-electron chi connectivity index (χ2n) is 8.12. The molecule has 4 saturated carbocycles. The highest BCUT2D eigenvalue weighted by Crippen LogP contribution is 2.65. The standard InChI is InChI=1S/C16H27N/c1-16(2)7-5-12(6-8-16)17-15-13-10-3-4-11(9-10)14(13)15/h10-15,17H,3-9H2,1-2H3. The van der Waals surface area contributed by atoms with Crippen molar-refractivity contribution in [1.29, 1.82) is 0 Å². The zero-order valence-electron chi connectivity index (χ0n) is 11.4. The second kappa shape index (κ2) is 3.50. The molecule has 2 bridgehead atoms. The topological polar surface area (TPSA) is 12.0 Å². The predicted octanol–water partition coefficient (Wildman–Crippen LogP) is 3.59. The maximum absolute atomic E-state index is 4.03. The summed E-state index contributed by atoms with van der Waals surface area (Å²) in [7, 11) is 0. The smallest absolute Gasteiger partial charge is 0.0138 e. The van der Waals surface area contributed by atoms with E-state index in [0.29, 0.717) is 5.41 Å². The van der Waals surface area contributed by atoms with Crippen molar-refractivity contribution in [3.63, 3.8) is 0 Å². The average Bonchev–Trinajstić information content (AvgIpc) is 2.71. The van der Waals surface area contributed by atoms with Crippen LogP contribution in [-0.2, 0) is 0 Å². The Labute approximate surface area is 106 Å². The Morgan fingerprint density at radius 3 is 2.06 bits per heavy atom. The van der Waals surface area contributed by atoms with Gasteiger partial charge in [-0.3, -0.25) is 0 Å². The lowest BCUT2D eigenvalue weighted by molar-refractivity contribution is 0.201. The summed E-state index contributed by atoms with van der Waals surface area (Å²) in [4.78, 5) is 0. The van der Waals surface area contributed by atoms with Gasteiger partial charge in [0, 0.05) is 12.1 Å². The molecule has 17 heavy (non-hydrogen) atoms. The van der Waals surface area contributed by atoms with Crippen molar-refractivity contribution in [3.05, 3.63) is 0 Å². The molecule has 4 aliphatic rings. The molecule has 0 saturated heterocycles. The SMILES string of the molecule is CC1(C)CCC(NC2C3C4CCC(C4)C23)CC1. The van der Waals surface area contributed by atoms with Crippen molar-refractivity contribution in [2.75, 3.05) is 0 Å². The Bertz CT molecular complexity index is 295. The quantitative estimate of drug-likeness (QED) is 0.768. The second-order valence-corrected chi connectivity index (χ2v) is 8.12. The van der Waals surface area contributed by atoms with E-state index in [2.05, 4.69) is 19.2 Å². The predicted molar refractivity (Wildman–Crippen MR) is 70.8 cm³/mol. The first-order valence-electron chi connectivity index (χ1n) is 7.90. The van der Waals surface area contributed by atoms with Gasteiger partial charge < -0.3 is 5.32 Å². The third-order valence-electron chi connectivity index (χ3n) is 6.50. The lowest BCUT2D eigenvalue weighted by Crippen LogP contribution is -2.38. The fraction of sp³-hybridized carbons (Fsp3) is 1.00. The third-order valence-corrected chi connectivity index (χ3v) is 6.50. The van der Waals surface area contributed by atoms with Crippen LogP contribution in [0.4, 0.5) is 0 Å². The molecule has 1 N–H and O–H groups in total. The number of hydrogen-bond donors (Lipinski definition) is 1. The molecule has 0 spiro atoms. The average molecular weight is 233 g/mol. The molecule has 0 aliphatic heterocycles. The van der Waals surface area contributed by atoms with Crippen molar-refractivity contribution < 1.29 is 0 Å². The van der Waals surface area contributed by atoms with Crippen LogP contribution in [0.5, 0.6) is 0 Å². The lowest BCUT2D eigenvalue weighted by atomic mass is 9.75. The van der Waals surface area contributed by atoms with Gasteiger partial charge in [0.15, 0.2) is 0 Å². The van der Waals surface area contributed by atoms with Crippen molar-refractivity contribution in [2.45, 2.75) is 70.9 Å². The molecule has 1 nitrogen and oxygen atoms in total. The summed E-state index contributed by atoms with van der Waals surface area (Å²) < 4.78 is 0. The minimum Gasteiger partial charge on any atom is -0.311 e. The first kappa shape index (κ1) is 10.8. The highest BCUT2D eigenvalue weighted by Gasteiger charge is 2.64. The number of fused-ring (bicyclic) bond motifs is 5. The van der Waals surface area contributed by atoms with Crippen LogP contribution in [0.3, 0.4) is 0 Å². The van der Waals surface area contributed by atoms with Gasteiger partial charge in [0.2, 0.25) is 0 Å². The molecule has 0 radical (unpaired) electrons. The van der Waals surface area contributed by atoms with E-state index < -0.39 is 0 Å². The Hall–Kier alpha value is -0.0400. The number of rotatable bonds is 2. The zero-order chi connectivity index (χ0) is 11.6. The van der Waals surface area contributed by atoms with E-state index in [0.717, 1.165) is 35.8 Å². The largest absolute Gasteiger partial charge is 0.311 e. The first-order valence-corrected chi connectivity index (χ1v) is 7.90. The Morgan fingerprint density at radius 1 is 0.882 bits per heavy atom. The van der Waals surface area contributed by atoms with Gasteiger partial charge in [0.1, 0.15) is 0 Å². The van der Waals surface area contributed by atoms with E-state index in [-0.39, 0.29) is 0 Å². The summed E-state index contributed by atoms with van der Waals surface area (Å²) in [6.07, 6.45) is 10.4. The summed E-state index contributed by atoms with van der Waals surface area (Å²) in [5, 5.41) is 4.03. The summed E-state index contributed by atoms with van der Waals surface area (Å²) >= 11 is 0. The van der Waals surface area contributed by atoms with Gasteiger partial charge in [-0.15, -0.1) is 0 Å². The van der Waals surface area contributed by atoms with Crippen LogP contribution in [0.15, 0.2) is 0 Å². The molecule has 4 atom stereocenters. The molecule has 0 aromatic rings. The monoisotopic (exact) mass is 233 g/mol. The maximum atomic E-state index is 4.03. The molecule has 4 fully saturated rings. The van der Waals surface area contributed by atoms with Crippen molar-refractivity contribution in [2.24, 2.45) is 29.1 Å². The van der Waals surface area contributed by atoms with Gasteiger partial charge in [-0.1, -0.05) is 13.8 Å². The molecule has 0 aromatic heterocycles. The summed E-state index contributed by atoms with van der Waals surface area (Å²) in [6.45, 7) is 4.88. The molecule has 1 heteroatoms. The molecule has 4 aliphatic carbocycles. The van der Waals surface area contributed by atoms with Crippen LogP contribution >= 0.6 is 0 Å². The van der Waals surface area contributed by atoms with Gasteiger partial charge in [0.25, 0.3) is 0 Å². The van der Waals surface area contributed by atoms with Crippen LogP contribution < -0.4 is 5.32 Å². The molecular weight excluding hydrogens is 206 g/mol. The summed E-state index contributed by atoms with van der Waals surface area (Å²) in [5.41, 5.74) is 0.622. The Balaban J connectivity index is 1.33. The Kier molecular flexibility index (Phi) is 2.23. The number of nitrogens with one attached hydrogen (secondary N) is 1. The highest BCUT2D eigenvalue weighted by molar-refractivity contribution is 5.17. The summed E-state index contributed by atoms with van der Waals surface area (Å²) in [6, 6.07) is 1.81. The molecule has 4 rings (SSSR count). The molecule has 0 aromatic carbocycles. The number of hydrogen-bond acceptors (Lipinski definition) is 1. The fourth-order valence-corrected chi connectivity index (χ4v) is 5.39. The molecule has 96 valence electrons. The van der Waals surface area contributed by atoms with Crippen molar-refractivity contribution in [1.82, 2.24) is 5.32 Å². The van der Waals surface area contributed by atoms with Gasteiger partial charge in [0.05, 0.1) is 0 Å². The fourth-order valence-electron chi connectivity index (χ4n) is 5.39. The highest BCUT2D eigenvalue weighted by atomic mass is 15.0. The zero-order valence-corrected chi connectivity index (χ0v) is 11.4. The molecular formula is C16H27N. The van der Waals surface area contributed by atoms with Crippen LogP contribution in [0, 0.1) is 29.1 Å². The van der Waals surface area contributed by atoms with Crippen molar-refractivity contribution >= 4 is 0 Å².